The smallest absolute Gasteiger partial charge is 0.263 e. The molecule has 0 radical (unpaired) electrons. The SMILES string of the molecule is C[C@@H]1C(=O)N(c2ccc(S(=O)(=O)Nc3nccs3)cc2)CCN1C(=O)[C@@H](C)n1ccc2ccc(Cl)cc21.[HH].[HH]. The Kier molecular flexibility index (Phi) is 6.69. The minimum atomic E-state index is -3.79. The number of nitrogens with zero attached hydrogens (tertiary/aromatic N) is 4. The van der Waals surface area contributed by atoms with E-state index in [1.165, 1.54) is 29.7 Å². The van der Waals surface area contributed by atoms with Gasteiger partial charge in [-0.25, -0.2) is 13.4 Å². The number of fused-ring (bicyclic) bond motifs is 1. The zero-order chi connectivity index (χ0) is 26.3. The van der Waals surface area contributed by atoms with Gasteiger partial charge >= 0.3 is 0 Å². The van der Waals surface area contributed by atoms with E-state index in [0.29, 0.717) is 23.8 Å². The van der Waals surface area contributed by atoms with Gasteiger partial charge in [0.05, 0.1) is 10.4 Å². The van der Waals surface area contributed by atoms with E-state index in [2.05, 4.69) is 9.71 Å². The molecule has 1 aliphatic heterocycles. The van der Waals surface area contributed by atoms with E-state index >= 15 is 0 Å². The summed E-state index contributed by atoms with van der Waals surface area (Å²) in [6, 6.07) is 12.4. The molecule has 3 heterocycles. The Morgan fingerprint density at radius 1 is 1.19 bits per heavy atom. The molecule has 2 aromatic heterocycles. The number of aromatic nitrogens is 2. The van der Waals surface area contributed by atoms with Crippen LogP contribution in [0.2, 0.25) is 5.02 Å². The van der Waals surface area contributed by atoms with Crippen molar-refractivity contribution >= 4 is 66.5 Å². The molecular formula is C25H28ClN5O4S2. The second-order valence-electron chi connectivity index (χ2n) is 8.74. The Balaban J connectivity index is 0.00000210. The Bertz CT molecular complexity index is 1580. The minimum absolute atomic E-state index is 0. The third-order valence-electron chi connectivity index (χ3n) is 6.51. The van der Waals surface area contributed by atoms with Gasteiger partial charge in [0.25, 0.3) is 10.0 Å². The number of rotatable bonds is 6. The van der Waals surface area contributed by atoms with E-state index in [4.69, 9.17) is 11.6 Å². The zero-order valence-corrected chi connectivity index (χ0v) is 22.4. The lowest BCUT2D eigenvalue weighted by molar-refractivity contribution is -0.143. The van der Waals surface area contributed by atoms with Gasteiger partial charge in [0.1, 0.15) is 12.1 Å². The van der Waals surface area contributed by atoms with Crippen molar-refractivity contribution < 1.29 is 20.9 Å². The van der Waals surface area contributed by atoms with Gasteiger partial charge in [0, 0.05) is 44.4 Å². The fraction of sp³-hybridized carbons (Fsp3) is 0.240. The van der Waals surface area contributed by atoms with E-state index < -0.39 is 22.1 Å². The maximum absolute atomic E-state index is 13.4. The first-order valence-corrected chi connectivity index (χ1v) is 14.3. The third kappa shape index (κ3) is 4.81. The molecule has 37 heavy (non-hydrogen) atoms. The second-order valence-corrected chi connectivity index (χ2v) is 11.7. The van der Waals surface area contributed by atoms with Crippen molar-refractivity contribution in [3.63, 3.8) is 0 Å². The highest BCUT2D eigenvalue weighted by molar-refractivity contribution is 7.93. The van der Waals surface area contributed by atoms with Gasteiger partial charge < -0.3 is 14.4 Å². The molecule has 5 rings (SSSR count). The average Bonchev–Trinajstić information content (AvgIpc) is 3.54. The highest BCUT2D eigenvalue weighted by Gasteiger charge is 2.37. The summed E-state index contributed by atoms with van der Waals surface area (Å²) in [4.78, 5) is 33.9. The van der Waals surface area contributed by atoms with Gasteiger partial charge in [0.2, 0.25) is 11.8 Å². The van der Waals surface area contributed by atoms with Crippen molar-refractivity contribution in [3.05, 3.63) is 71.3 Å². The number of anilines is 2. The molecule has 1 aliphatic rings. The molecule has 0 bridgehead atoms. The zero-order valence-electron chi connectivity index (χ0n) is 20.0. The Morgan fingerprint density at radius 2 is 1.95 bits per heavy atom. The molecule has 9 nitrogen and oxygen atoms in total. The number of hydrogen-bond donors (Lipinski definition) is 1. The lowest BCUT2D eigenvalue weighted by Crippen LogP contribution is -2.58. The van der Waals surface area contributed by atoms with Crippen LogP contribution in [0.15, 0.2) is 71.2 Å². The first-order chi connectivity index (χ1) is 17.7. The molecule has 2 aromatic carbocycles. The highest BCUT2D eigenvalue weighted by Crippen LogP contribution is 2.28. The van der Waals surface area contributed by atoms with E-state index in [1.54, 1.807) is 40.3 Å². The fourth-order valence-electron chi connectivity index (χ4n) is 4.50. The Hall–Kier alpha value is -3.41. The average molecular weight is 562 g/mol. The van der Waals surface area contributed by atoms with Crippen LogP contribution in [-0.4, -0.2) is 53.8 Å². The van der Waals surface area contributed by atoms with Crippen LogP contribution in [0.3, 0.4) is 0 Å². The summed E-state index contributed by atoms with van der Waals surface area (Å²) in [6.07, 6.45) is 3.37. The predicted molar refractivity (Wildman–Crippen MR) is 149 cm³/mol. The molecule has 4 aromatic rings. The monoisotopic (exact) mass is 561 g/mol. The van der Waals surface area contributed by atoms with Crippen LogP contribution in [-0.2, 0) is 19.6 Å². The summed E-state index contributed by atoms with van der Waals surface area (Å²) in [5.74, 6) is -0.392. The molecule has 0 saturated carbocycles. The molecule has 0 unspecified atom stereocenters. The summed E-state index contributed by atoms with van der Waals surface area (Å²) in [6.45, 7) is 4.16. The molecule has 0 spiro atoms. The van der Waals surface area contributed by atoms with Crippen molar-refractivity contribution in [2.75, 3.05) is 22.7 Å². The maximum Gasteiger partial charge on any atom is 0.263 e. The van der Waals surface area contributed by atoms with Crippen LogP contribution in [0.4, 0.5) is 10.8 Å². The molecule has 196 valence electrons. The van der Waals surface area contributed by atoms with Crippen LogP contribution >= 0.6 is 22.9 Å². The maximum atomic E-state index is 13.4. The quantitative estimate of drug-likeness (QED) is 0.362. The van der Waals surface area contributed by atoms with Crippen LogP contribution < -0.4 is 9.62 Å². The summed E-state index contributed by atoms with van der Waals surface area (Å²) in [5.41, 5.74) is 1.42. The van der Waals surface area contributed by atoms with Crippen LogP contribution in [0.5, 0.6) is 0 Å². The predicted octanol–water partition coefficient (Wildman–Crippen LogP) is 4.87. The van der Waals surface area contributed by atoms with Crippen molar-refractivity contribution in [2.24, 2.45) is 0 Å². The Labute approximate surface area is 226 Å². The van der Waals surface area contributed by atoms with Crippen molar-refractivity contribution in [1.29, 1.82) is 0 Å². The van der Waals surface area contributed by atoms with Gasteiger partial charge in [-0.1, -0.05) is 17.7 Å². The number of amides is 2. The van der Waals surface area contributed by atoms with E-state index in [9.17, 15) is 18.0 Å². The minimum Gasteiger partial charge on any atom is -0.335 e. The van der Waals surface area contributed by atoms with Gasteiger partial charge in [-0.3, -0.25) is 14.3 Å². The molecule has 0 aliphatic carbocycles. The number of hydrogen-bond acceptors (Lipinski definition) is 6. The summed E-state index contributed by atoms with van der Waals surface area (Å²) >= 11 is 7.35. The summed E-state index contributed by atoms with van der Waals surface area (Å²) in [7, 11) is -3.79. The number of sulfonamides is 1. The number of piperazine rings is 1. The van der Waals surface area contributed by atoms with Gasteiger partial charge in [0.15, 0.2) is 5.13 Å². The molecular weight excluding hydrogens is 534 g/mol. The van der Waals surface area contributed by atoms with Gasteiger partial charge in [-0.15, -0.1) is 11.3 Å². The molecule has 1 saturated heterocycles. The number of thiazole rings is 1. The standard InChI is InChI=1S/C25H24ClN5O4S2.2H2/c1-16(29-11-9-18-3-4-19(26)15-22(18)29)23(32)30-12-13-31(24(33)17(30)2)20-5-7-21(8-6-20)37(34,35)28-25-27-10-14-36-25;;/h3-11,14-17H,12-13H2,1-2H3,(H,27,28);2*1H/t16-,17-;;/m1../s1. The van der Waals surface area contributed by atoms with Crippen LogP contribution in [0.1, 0.15) is 22.7 Å². The van der Waals surface area contributed by atoms with E-state index in [0.717, 1.165) is 10.9 Å². The lowest BCUT2D eigenvalue weighted by atomic mass is 10.1. The van der Waals surface area contributed by atoms with Crippen molar-refractivity contribution in [2.45, 2.75) is 30.8 Å². The van der Waals surface area contributed by atoms with Crippen molar-refractivity contribution in [3.8, 4) is 0 Å². The first-order valence-electron chi connectivity index (χ1n) is 11.6. The molecule has 2 amide bonds. The van der Waals surface area contributed by atoms with Gasteiger partial charge in [-0.05, 0) is 61.7 Å². The Morgan fingerprint density at radius 3 is 2.65 bits per heavy atom. The lowest BCUT2D eigenvalue weighted by Gasteiger charge is -2.40. The number of carbonyl (C=O) groups is 2. The second kappa shape index (κ2) is 9.81. The molecule has 1 N–H and O–H groups in total. The fourth-order valence-corrected chi connectivity index (χ4v) is 6.45. The normalized spacial score (nSPS) is 17.3. The number of benzene rings is 2. The van der Waals surface area contributed by atoms with Crippen molar-refractivity contribution in [1.82, 2.24) is 14.5 Å². The highest BCUT2D eigenvalue weighted by atomic mass is 35.5. The van der Waals surface area contributed by atoms with Crippen LogP contribution in [0.25, 0.3) is 10.9 Å². The number of carbonyl (C=O) groups excluding carboxylic acids is 2. The number of halogens is 1. The van der Waals surface area contributed by atoms with E-state index in [-0.39, 0.29) is 24.7 Å². The van der Waals surface area contributed by atoms with E-state index in [1.807, 2.05) is 35.9 Å². The summed E-state index contributed by atoms with van der Waals surface area (Å²) in [5, 5.41) is 3.52. The van der Waals surface area contributed by atoms with Crippen LogP contribution in [0, 0.1) is 0 Å². The third-order valence-corrected chi connectivity index (χ3v) is 8.92. The topological polar surface area (TPSA) is 105 Å². The number of nitrogens with one attached hydrogen (secondary N) is 1. The molecule has 12 heteroatoms. The first kappa shape index (κ1) is 25.2. The van der Waals surface area contributed by atoms with Gasteiger partial charge in [-0.2, -0.15) is 0 Å². The largest absolute Gasteiger partial charge is 0.335 e. The molecule has 2 atom stereocenters. The summed E-state index contributed by atoms with van der Waals surface area (Å²) < 4.78 is 29.5. The molecule has 1 fully saturated rings.